The molecule has 1 aromatic rings. The van der Waals surface area contributed by atoms with Crippen LogP contribution in [-0.2, 0) is 9.53 Å². The molecule has 0 spiro atoms. The van der Waals surface area contributed by atoms with Crippen molar-refractivity contribution >= 4 is 11.6 Å². The summed E-state index contributed by atoms with van der Waals surface area (Å²) in [6.07, 6.45) is 2.35. The number of piperidine rings is 1. The molecule has 1 amide bonds. The molecule has 122 valence electrons. The molecule has 1 saturated heterocycles. The number of likely N-dealkylation sites (tertiary alicyclic amines) is 1. The monoisotopic (exact) mass is 306 g/mol. The Labute approximate surface area is 132 Å². The van der Waals surface area contributed by atoms with E-state index in [0.29, 0.717) is 19.8 Å². The Morgan fingerprint density at radius 1 is 1.32 bits per heavy atom. The molecule has 1 aliphatic rings. The molecule has 1 N–H and O–H groups in total. The van der Waals surface area contributed by atoms with Crippen LogP contribution in [0.4, 0.5) is 5.69 Å². The molecule has 1 heterocycles. The lowest BCUT2D eigenvalue weighted by atomic mass is 9.99. The van der Waals surface area contributed by atoms with Crippen molar-refractivity contribution in [2.45, 2.75) is 19.8 Å². The summed E-state index contributed by atoms with van der Waals surface area (Å²) in [7, 11) is 1.64. The van der Waals surface area contributed by atoms with Crippen LogP contribution in [0, 0.1) is 5.92 Å². The van der Waals surface area contributed by atoms with E-state index in [-0.39, 0.29) is 5.91 Å². The molecule has 5 heteroatoms. The highest BCUT2D eigenvalue weighted by molar-refractivity contribution is 5.92. The van der Waals surface area contributed by atoms with Gasteiger partial charge < -0.3 is 14.8 Å². The molecule has 0 aromatic heterocycles. The van der Waals surface area contributed by atoms with Gasteiger partial charge in [0.05, 0.1) is 13.2 Å². The lowest BCUT2D eigenvalue weighted by Crippen LogP contribution is -2.38. The SMILES string of the molecule is COCCOc1cccc(NC(=O)CN2CCC(C)CC2)c1. The highest BCUT2D eigenvalue weighted by Gasteiger charge is 2.17. The highest BCUT2D eigenvalue weighted by atomic mass is 16.5. The van der Waals surface area contributed by atoms with Crippen LogP contribution < -0.4 is 10.1 Å². The molecule has 0 aliphatic carbocycles. The summed E-state index contributed by atoms with van der Waals surface area (Å²) in [6, 6.07) is 7.46. The summed E-state index contributed by atoms with van der Waals surface area (Å²) in [5.41, 5.74) is 0.769. The van der Waals surface area contributed by atoms with Gasteiger partial charge in [0.2, 0.25) is 5.91 Å². The molecule has 0 atom stereocenters. The van der Waals surface area contributed by atoms with E-state index in [9.17, 15) is 4.79 Å². The van der Waals surface area contributed by atoms with Gasteiger partial charge in [-0.25, -0.2) is 0 Å². The molecule has 2 rings (SSSR count). The van der Waals surface area contributed by atoms with E-state index in [4.69, 9.17) is 9.47 Å². The molecule has 1 aromatic carbocycles. The second kappa shape index (κ2) is 8.76. The van der Waals surface area contributed by atoms with E-state index >= 15 is 0 Å². The van der Waals surface area contributed by atoms with Gasteiger partial charge in [0.15, 0.2) is 0 Å². The summed E-state index contributed by atoms with van der Waals surface area (Å²) >= 11 is 0. The Kier molecular flexibility index (Phi) is 6.68. The number of rotatable bonds is 7. The van der Waals surface area contributed by atoms with E-state index < -0.39 is 0 Å². The number of anilines is 1. The summed E-state index contributed by atoms with van der Waals surface area (Å²) in [4.78, 5) is 14.3. The number of amides is 1. The topological polar surface area (TPSA) is 50.8 Å². The minimum atomic E-state index is 0.0311. The van der Waals surface area contributed by atoms with Gasteiger partial charge in [0, 0.05) is 18.9 Å². The number of nitrogens with one attached hydrogen (secondary N) is 1. The number of ether oxygens (including phenoxy) is 2. The fourth-order valence-corrected chi connectivity index (χ4v) is 2.53. The van der Waals surface area contributed by atoms with E-state index in [2.05, 4.69) is 17.1 Å². The average Bonchev–Trinajstić information content (AvgIpc) is 2.50. The van der Waals surface area contributed by atoms with Gasteiger partial charge in [0.1, 0.15) is 12.4 Å². The molecule has 1 aliphatic heterocycles. The number of benzene rings is 1. The van der Waals surface area contributed by atoms with Crippen molar-refractivity contribution in [2.75, 3.05) is 45.3 Å². The Morgan fingerprint density at radius 3 is 2.82 bits per heavy atom. The maximum Gasteiger partial charge on any atom is 0.238 e. The van der Waals surface area contributed by atoms with Gasteiger partial charge in [-0.2, -0.15) is 0 Å². The first-order chi connectivity index (χ1) is 10.7. The third-order valence-corrected chi connectivity index (χ3v) is 3.92. The zero-order valence-corrected chi connectivity index (χ0v) is 13.5. The Hall–Kier alpha value is -1.59. The van der Waals surface area contributed by atoms with Gasteiger partial charge in [-0.15, -0.1) is 0 Å². The Morgan fingerprint density at radius 2 is 2.09 bits per heavy atom. The van der Waals surface area contributed by atoms with Gasteiger partial charge in [-0.3, -0.25) is 9.69 Å². The average molecular weight is 306 g/mol. The zero-order valence-electron chi connectivity index (χ0n) is 13.5. The predicted molar refractivity (Wildman–Crippen MR) is 87.3 cm³/mol. The van der Waals surface area contributed by atoms with E-state index in [1.165, 1.54) is 12.8 Å². The fourth-order valence-electron chi connectivity index (χ4n) is 2.53. The summed E-state index contributed by atoms with van der Waals surface area (Å²) in [5, 5.41) is 2.94. The smallest absolute Gasteiger partial charge is 0.238 e. The normalized spacial score (nSPS) is 16.5. The zero-order chi connectivity index (χ0) is 15.8. The molecular weight excluding hydrogens is 280 g/mol. The van der Waals surface area contributed by atoms with Crippen LogP contribution in [0.1, 0.15) is 19.8 Å². The molecule has 22 heavy (non-hydrogen) atoms. The Balaban J connectivity index is 1.79. The number of carbonyl (C=O) groups is 1. The van der Waals surface area contributed by atoms with Crippen LogP contribution in [0.15, 0.2) is 24.3 Å². The maximum absolute atomic E-state index is 12.1. The molecule has 0 saturated carbocycles. The molecule has 1 fully saturated rings. The summed E-state index contributed by atoms with van der Waals surface area (Å²) < 4.78 is 10.5. The molecule has 0 radical (unpaired) electrons. The van der Waals surface area contributed by atoms with E-state index in [1.54, 1.807) is 7.11 Å². The second-order valence-corrected chi connectivity index (χ2v) is 5.88. The fraction of sp³-hybridized carbons (Fsp3) is 0.588. The van der Waals surface area contributed by atoms with Crippen molar-refractivity contribution in [1.82, 2.24) is 4.90 Å². The number of carbonyl (C=O) groups excluding carboxylic acids is 1. The summed E-state index contributed by atoms with van der Waals surface area (Å²) in [6.45, 7) is 5.79. The van der Waals surface area contributed by atoms with Crippen molar-refractivity contribution in [3.63, 3.8) is 0 Å². The summed E-state index contributed by atoms with van der Waals surface area (Å²) in [5.74, 6) is 1.55. The van der Waals surface area contributed by atoms with Gasteiger partial charge >= 0.3 is 0 Å². The first kappa shape index (κ1) is 16.8. The standard InChI is InChI=1S/C17H26N2O3/c1-14-6-8-19(9-7-14)13-17(20)18-15-4-3-5-16(12-15)22-11-10-21-2/h3-5,12,14H,6-11,13H2,1-2H3,(H,18,20). The van der Waals surface area contributed by atoms with Crippen molar-refractivity contribution in [3.05, 3.63) is 24.3 Å². The lowest BCUT2D eigenvalue weighted by Gasteiger charge is -2.29. The van der Waals surface area contributed by atoms with Crippen molar-refractivity contribution in [1.29, 1.82) is 0 Å². The van der Waals surface area contributed by atoms with Gasteiger partial charge in [-0.05, 0) is 44.0 Å². The lowest BCUT2D eigenvalue weighted by molar-refractivity contribution is -0.117. The quantitative estimate of drug-likeness (QED) is 0.786. The Bertz CT molecular complexity index is 471. The van der Waals surface area contributed by atoms with Gasteiger partial charge in [0.25, 0.3) is 0 Å². The molecule has 0 unspecified atom stereocenters. The third-order valence-electron chi connectivity index (χ3n) is 3.92. The first-order valence-electron chi connectivity index (χ1n) is 7.91. The van der Waals surface area contributed by atoms with Crippen LogP contribution in [0.5, 0.6) is 5.75 Å². The van der Waals surface area contributed by atoms with E-state index in [0.717, 1.165) is 30.4 Å². The predicted octanol–water partition coefficient (Wildman–Crippen LogP) is 2.38. The van der Waals surface area contributed by atoms with Gasteiger partial charge in [-0.1, -0.05) is 13.0 Å². The van der Waals surface area contributed by atoms with E-state index in [1.807, 2.05) is 24.3 Å². The number of nitrogens with zero attached hydrogens (tertiary/aromatic N) is 1. The minimum Gasteiger partial charge on any atom is -0.491 e. The number of methoxy groups -OCH3 is 1. The number of hydrogen-bond acceptors (Lipinski definition) is 4. The van der Waals surface area contributed by atoms with Crippen LogP contribution in [0.25, 0.3) is 0 Å². The molecule has 5 nitrogen and oxygen atoms in total. The van der Waals surface area contributed by atoms with Crippen molar-refractivity contribution < 1.29 is 14.3 Å². The first-order valence-corrected chi connectivity index (χ1v) is 7.91. The van der Waals surface area contributed by atoms with Crippen molar-refractivity contribution in [2.24, 2.45) is 5.92 Å². The maximum atomic E-state index is 12.1. The van der Waals surface area contributed by atoms with Crippen LogP contribution in [0.2, 0.25) is 0 Å². The third kappa shape index (κ3) is 5.66. The van der Waals surface area contributed by atoms with Crippen molar-refractivity contribution in [3.8, 4) is 5.75 Å². The highest BCUT2D eigenvalue weighted by Crippen LogP contribution is 2.18. The molecule has 0 bridgehead atoms. The van der Waals surface area contributed by atoms with Crippen LogP contribution >= 0.6 is 0 Å². The number of hydrogen-bond donors (Lipinski definition) is 1. The largest absolute Gasteiger partial charge is 0.491 e. The second-order valence-electron chi connectivity index (χ2n) is 5.88. The minimum absolute atomic E-state index is 0.0311. The van der Waals surface area contributed by atoms with Crippen LogP contribution in [-0.4, -0.2) is 50.8 Å². The molecular formula is C17H26N2O3. The van der Waals surface area contributed by atoms with Crippen LogP contribution in [0.3, 0.4) is 0 Å².